The maximum atomic E-state index is 5.84. The number of hydrogen-bond donors (Lipinski definition) is 2. The summed E-state index contributed by atoms with van der Waals surface area (Å²) < 4.78 is 5.82. The maximum Gasteiger partial charge on any atom is 0.188 e. The van der Waals surface area contributed by atoms with Gasteiger partial charge in [0, 0.05) is 6.54 Å². The monoisotopic (exact) mass is 439 g/mol. The van der Waals surface area contributed by atoms with Crippen LogP contribution < -0.4 is 11.1 Å². The summed E-state index contributed by atoms with van der Waals surface area (Å²) in [6.45, 7) is 4.69. The SMILES string of the molecule is CCCNC(N)=NCc1ccccc1COCc1ccccc1.I. The first-order chi connectivity index (χ1) is 11.3. The topological polar surface area (TPSA) is 59.6 Å². The van der Waals surface area contributed by atoms with Gasteiger partial charge in [-0.25, -0.2) is 4.99 Å². The number of hydrogen-bond acceptors (Lipinski definition) is 2. The fourth-order valence-corrected chi connectivity index (χ4v) is 2.18. The predicted octanol–water partition coefficient (Wildman–Crippen LogP) is 3.84. The Labute approximate surface area is 161 Å². The molecule has 0 bridgehead atoms. The van der Waals surface area contributed by atoms with Crippen molar-refractivity contribution in [3.8, 4) is 0 Å². The second-order valence-corrected chi connectivity index (χ2v) is 5.38. The van der Waals surface area contributed by atoms with Crippen molar-refractivity contribution < 1.29 is 4.74 Å². The third-order valence-electron chi connectivity index (χ3n) is 3.46. The van der Waals surface area contributed by atoms with Gasteiger partial charge in [0.25, 0.3) is 0 Å². The lowest BCUT2D eigenvalue weighted by Crippen LogP contribution is -2.32. The summed E-state index contributed by atoms with van der Waals surface area (Å²) in [6, 6.07) is 18.4. The van der Waals surface area contributed by atoms with E-state index in [4.69, 9.17) is 10.5 Å². The Morgan fingerprint density at radius 1 is 1.00 bits per heavy atom. The van der Waals surface area contributed by atoms with E-state index in [1.165, 1.54) is 5.56 Å². The van der Waals surface area contributed by atoms with Crippen LogP contribution in [0.1, 0.15) is 30.0 Å². The van der Waals surface area contributed by atoms with Gasteiger partial charge in [-0.1, -0.05) is 61.5 Å². The van der Waals surface area contributed by atoms with Gasteiger partial charge in [0.1, 0.15) is 0 Å². The summed E-state index contributed by atoms with van der Waals surface area (Å²) in [5.41, 5.74) is 9.31. The molecule has 0 heterocycles. The normalized spacial score (nSPS) is 11.0. The molecule has 0 fully saturated rings. The highest BCUT2D eigenvalue weighted by Gasteiger charge is 2.02. The van der Waals surface area contributed by atoms with Crippen LogP contribution in [0.25, 0.3) is 0 Å². The van der Waals surface area contributed by atoms with E-state index in [2.05, 4.69) is 41.5 Å². The maximum absolute atomic E-state index is 5.84. The van der Waals surface area contributed by atoms with Crippen LogP contribution in [0.2, 0.25) is 0 Å². The molecule has 2 aromatic carbocycles. The quantitative estimate of drug-likeness (QED) is 0.374. The van der Waals surface area contributed by atoms with Gasteiger partial charge in [-0.15, -0.1) is 24.0 Å². The predicted molar refractivity (Wildman–Crippen MR) is 110 cm³/mol. The summed E-state index contributed by atoms with van der Waals surface area (Å²) in [7, 11) is 0. The average Bonchev–Trinajstić information content (AvgIpc) is 2.60. The molecule has 0 aromatic heterocycles. The first-order valence-electron chi connectivity index (χ1n) is 8.02. The fourth-order valence-electron chi connectivity index (χ4n) is 2.18. The summed E-state index contributed by atoms with van der Waals surface area (Å²) in [4.78, 5) is 4.39. The van der Waals surface area contributed by atoms with Crippen LogP contribution >= 0.6 is 24.0 Å². The Bertz CT molecular complexity index is 617. The van der Waals surface area contributed by atoms with Crippen LogP contribution in [0, 0.1) is 0 Å². The van der Waals surface area contributed by atoms with Crippen LogP contribution in [0.15, 0.2) is 59.6 Å². The molecule has 0 unspecified atom stereocenters. The highest BCUT2D eigenvalue weighted by molar-refractivity contribution is 14.0. The van der Waals surface area contributed by atoms with Crippen LogP contribution in [-0.4, -0.2) is 12.5 Å². The number of halogens is 1. The molecular weight excluding hydrogens is 413 g/mol. The molecule has 0 saturated heterocycles. The van der Waals surface area contributed by atoms with Crippen LogP contribution in [0.3, 0.4) is 0 Å². The number of nitrogens with one attached hydrogen (secondary N) is 1. The minimum atomic E-state index is 0. The van der Waals surface area contributed by atoms with Gasteiger partial charge in [0.05, 0.1) is 19.8 Å². The largest absolute Gasteiger partial charge is 0.372 e. The molecule has 0 spiro atoms. The minimum Gasteiger partial charge on any atom is -0.372 e. The van der Waals surface area contributed by atoms with Crippen LogP contribution in [0.4, 0.5) is 0 Å². The Hall–Kier alpha value is -1.60. The smallest absolute Gasteiger partial charge is 0.188 e. The van der Waals surface area contributed by atoms with E-state index in [1.54, 1.807) is 0 Å². The molecule has 24 heavy (non-hydrogen) atoms. The second-order valence-electron chi connectivity index (χ2n) is 5.38. The van der Waals surface area contributed by atoms with Crippen molar-refractivity contribution in [3.05, 3.63) is 71.3 Å². The summed E-state index contributed by atoms with van der Waals surface area (Å²) >= 11 is 0. The molecule has 2 aromatic rings. The number of nitrogens with zero attached hydrogens (tertiary/aromatic N) is 1. The zero-order valence-electron chi connectivity index (χ0n) is 14.1. The Morgan fingerprint density at radius 2 is 1.67 bits per heavy atom. The third kappa shape index (κ3) is 7.31. The van der Waals surface area contributed by atoms with Gasteiger partial charge < -0.3 is 15.8 Å². The summed E-state index contributed by atoms with van der Waals surface area (Å²) in [6.07, 6.45) is 1.03. The molecule has 130 valence electrons. The third-order valence-corrected chi connectivity index (χ3v) is 3.46. The molecule has 0 saturated carbocycles. The summed E-state index contributed by atoms with van der Waals surface area (Å²) in [5.74, 6) is 0.492. The van der Waals surface area contributed by atoms with Crippen molar-refractivity contribution in [1.82, 2.24) is 5.32 Å². The molecule has 0 amide bonds. The van der Waals surface area contributed by atoms with E-state index in [9.17, 15) is 0 Å². The van der Waals surface area contributed by atoms with Crippen molar-refractivity contribution in [2.24, 2.45) is 10.7 Å². The van der Waals surface area contributed by atoms with Crippen molar-refractivity contribution in [2.75, 3.05) is 6.54 Å². The average molecular weight is 439 g/mol. The zero-order valence-corrected chi connectivity index (χ0v) is 16.4. The van der Waals surface area contributed by atoms with Gasteiger partial charge in [0.15, 0.2) is 5.96 Å². The van der Waals surface area contributed by atoms with Crippen molar-refractivity contribution in [3.63, 3.8) is 0 Å². The molecule has 0 aliphatic carbocycles. The molecule has 3 N–H and O–H groups in total. The molecule has 0 aliphatic rings. The van der Waals surface area contributed by atoms with E-state index in [-0.39, 0.29) is 24.0 Å². The van der Waals surface area contributed by atoms with Gasteiger partial charge >= 0.3 is 0 Å². The van der Waals surface area contributed by atoms with Gasteiger partial charge in [0.2, 0.25) is 0 Å². The molecule has 0 radical (unpaired) electrons. The summed E-state index contributed by atoms with van der Waals surface area (Å²) in [5, 5.41) is 3.08. The first-order valence-corrected chi connectivity index (χ1v) is 8.02. The molecule has 5 heteroatoms. The van der Waals surface area contributed by atoms with E-state index in [0.29, 0.717) is 25.7 Å². The van der Waals surface area contributed by atoms with Gasteiger partial charge in [-0.05, 0) is 23.1 Å². The van der Waals surface area contributed by atoms with Crippen LogP contribution in [0.5, 0.6) is 0 Å². The Balaban J connectivity index is 0.00000288. The van der Waals surface area contributed by atoms with Crippen LogP contribution in [-0.2, 0) is 24.5 Å². The van der Waals surface area contributed by atoms with E-state index in [1.807, 2.05) is 30.3 Å². The highest BCUT2D eigenvalue weighted by Crippen LogP contribution is 2.12. The standard InChI is InChI=1S/C19H25N3O.HI/c1-2-12-21-19(20)22-13-17-10-6-7-11-18(17)15-23-14-16-8-4-3-5-9-16;/h3-11H,2,12-15H2,1H3,(H3,20,21,22);1H. The number of nitrogens with two attached hydrogens (primary N) is 1. The van der Waals surface area contributed by atoms with Gasteiger partial charge in [-0.3, -0.25) is 0 Å². The number of guanidine groups is 1. The number of ether oxygens (including phenoxy) is 1. The van der Waals surface area contributed by atoms with Crippen molar-refractivity contribution >= 4 is 29.9 Å². The van der Waals surface area contributed by atoms with Crippen molar-refractivity contribution in [1.29, 1.82) is 0 Å². The number of rotatable bonds is 8. The van der Waals surface area contributed by atoms with Crippen molar-refractivity contribution in [2.45, 2.75) is 33.1 Å². The highest BCUT2D eigenvalue weighted by atomic mass is 127. The fraction of sp³-hybridized carbons (Fsp3) is 0.316. The lowest BCUT2D eigenvalue weighted by Gasteiger charge is -2.09. The van der Waals surface area contributed by atoms with E-state index >= 15 is 0 Å². The molecule has 4 nitrogen and oxygen atoms in total. The van der Waals surface area contributed by atoms with Gasteiger partial charge in [-0.2, -0.15) is 0 Å². The molecule has 2 rings (SSSR count). The lowest BCUT2D eigenvalue weighted by atomic mass is 10.1. The molecule has 0 atom stereocenters. The minimum absolute atomic E-state index is 0. The molecular formula is C19H26IN3O. The number of benzene rings is 2. The molecule has 0 aliphatic heterocycles. The zero-order chi connectivity index (χ0) is 16.3. The first kappa shape index (κ1) is 20.4. The lowest BCUT2D eigenvalue weighted by molar-refractivity contribution is 0.106. The second kappa shape index (κ2) is 11.9. The number of aliphatic imine (C=N–C) groups is 1. The Morgan fingerprint density at radius 3 is 2.38 bits per heavy atom. The van der Waals surface area contributed by atoms with E-state index < -0.39 is 0 Å². The van der Waals surface area contributed by atoms with E-state index in [0.717, 1.165) is 24.1 Å². The Kier molecular flexibility index (Phi) is 10.1.